The predicted molar refractivity (Wildman–Crippen MR) is 64.7 cm³/mol. The second-order valence-electron chi connectivity index (χ2n) is 4.03. The van der Waals surface area contributed by atoms with E-state index in [0.717, 1.165) is 18.1 Å². The van der Waals surface area contributed by atoms with Crippen LogP contribution in [0, 0.1) is 0 Å². The van der Waals surface area contributed by atoms with E-state index in [0.29, 0.717) is 11.5 Å². The third-order valence-electron chi connectivity index (χ3n) is 2.85. The van der Waals surface area contributed by atoms with Crippen LogP contribution in [0.3, 0.4) is 0 Å². The van der Waals surface area contributed by atoms with Gasteiger partial charge >= 0.3 is 0 Å². The first-order valence-electron chi connectivity index (χ1n) is 5.45. The predicted octanol–water partition coefficient (Wildman–Crippen LogP) is 0.421. The van der Waals surface area contributed by atoms with E-state index < -0.39 is 0 Å². The first-order chi connectivity index (χ1) is 8.75. The monoisotopic (exact) mass is 268 g/mol. The third-order valence-corrected chi connectivity index (χ3v) is 3.88. The number of nitrogens with two attached hydrogens (primary N) is 1. The Balaban J connectivity index is 1.87. The Hall–Kier alpha value is -1.61. The summed E-state index contributed by atoms with van der Waals surface area (Å²) in [5, 5.41) is 11.1. The van der Waals surface area contributed by atoms with Crippen molar-refractivity contribution in [1.82, 2.24) is 25.4 Å². The highest BCUT2D eigenvalue weighted by molar-refractivity contribution is 7.99. The third kappa shape index (κ3) is 1.95. The van der Waals surface area contributed by atoms with Gasteiger partial charge in [-0.3, -0.25) is 4.90 Å². The van der Waals surface area contributed by atoms with E-state index in [-0.39, 0.29) is 17.8 Å². The summed E-state index contributed by atoms with van der Waals surface area (Å²) in [6.45, 7) is 1.01. The van der Waals surface area contributed by atoms with Crippen LogP contribution in [0.2, 0.25) is 0 Å². The van der Waals surface area contributed by atoms with Crippen LogP contribution in [0.5, 0.6) is 0 Å². The largest absolute Gasteiger partial charge is 0.379 e. The molecule has 3 heterocycles. The lowest BCUT2D eigenvalue weighted by Gasteiger charge is -2.29. The number of nitrogens with zero attached hydrogens (tertiary/aromatic N) is 5. The van der Waals surface area contributed by atoms with Crippen LogP contribution < -0.4 is 5.73 Å². The minimum absolute atomic E-state index is 0.150. The van der Waals surface area contributed by atoms with Gasteiger partial charge in [-0.2, -0.15) is 16.7 Å². The second kappa shape index (κ2) is 4.58. The summed E-state index contributed by atoms with van der Waals surface area (Å²) < 4.78 is 9.66. The van der Waals surface area contributed by atoms with Crippen LogP contribution in [0.1, 0.15) is 11.9 Å². The fourth-order valence-electron chi connectivity index (χ4n) is 1.77. The number of aromatic nitrogens is 4. The minimum Gasteiger partial charge on any atom is -0.379 e. The van der Waals surface area contributed by atoms with E-state index in [9.17, 15) is 0 Å². The second-order valence-corrected chi connectivity index (χ2v) is 5.18. The van der Waals surface area contributed by atoms with Gasteiger partial charge in [0, 0.05) is 18.1 Å². The quantitative estimate of drug-likeness (QED) is 0.828. The number of anilines is 1. The molecule has 0 spiro atoms. The molecule has 1 unspecified atom stereocenters. The summed E-state index contributed by atoms with van der Waals surface area (Å²) in [5.74, 6) is 3.10. The van der Waals surface area contributed by atoms with Crippen LogP contribution >= 0.6 is 11.8 Å². The highest BCUT2D eigenvalue weighted by Gasteiger charge is 2.27. The molecule has 96 valence electrons. The molecule has 0 radical (unpaired) electrons. The van der Waals surface area contributed by atoms with E-state index in [4.69, 9.17) is 10.3 Å². The van der Waals surface area contributed by atoms with Crippen molar-refractivity contribution in [3.63, 3.8) is 0 Å². The van der Waals surface area contributed by atoms with E-state index in [1.165, 1.54) is 0 Å². The van der Waals surface area contributed by atoms with Gasteiger partial charge in [0.2, 0.25) is 11.5 Å². The van der Waals surface area contributed by atoms with Gasteiger partial charge in [0.25, 0.3) is 5.89 Å². The average molecular weight is 268 g/mol. The number of hydrogen-bond acceptors (Lipinski definition) is 9. The van der Waals surface area contributed by atoms with Crippen LogP contribution in [0.15, 0.2) is 9.15 Å². The first-order valence-corrected chi connectivity index (χ1v) is 6.61. The van der Waals surface area contributed by atoms with Gasteiger partial charge in [0.1, 0.15) is 0 Å². The molecule has 3 rings (SSSR count). The molecule has 0 aromatic carbocycles. The molecule has 2 aromatic rings. The highest BCUT2D eigenvalue weighted by Crippen LogP contribution is 2.28. The summed E-state index contributed by atoms with van der Waals surface area (Å²) >= 11 is 1.88. The molecule has 2 N–H and O–H groups in total. The zero-order valence-electron chi connectivity index (χ0n) is 9.74. The Bertz CT molecular complexity index is 541. The van der Waals surface area contributed by atoms with Gasteiger partial charge in [-0.1, -0.05) is 5.16 Å². The van der Waals surface area contributed by atoms with E-state index >= 15 is 0 Å². The molecule has 2 aromatic heterocycles. The number of thioether (sulfide) groups is 1. The summed E-state index contributed by atoms with van der Waals surface area (Å²) in [7, 11) is 2.05. The Morgan fingerprint density at radius 2 is 2.28 bits per heavy atom. The lowest BCUT2D eigenvalue weighted by molar-refractivity contribution is 0.257. The van der Waals surface area contributed by atoms with Gasteiger partial charge in [-0.15, -0.1) is 0 Å². The van der Waals surface area contributed by atoms with Crippen LogP contribution in [-0.4, -0.2) is 50.5 Å². The molecule has 0 amide bonds. The maximum Gasteiger partial charge on any atom is 0.284 e. The number of rotatable bonds is 2. The fourth-order valence-corrected chi connectivity index (χ4v) is 2.98. The van der Waals surface area contributed by atoms with Crippen LogP contribution in [0.4, 0.5) is 5.82 Å². The Morgan fingerprint density at radius 1 is 1.39 bits per heavy atom. The molecule has 1 aliphatic heterocycles. The normalized spacial score (nSPS) is 21.3. The maximum atomic E-state index is 5.58. The summed E-state index contributed by atoms with van der Waals surface area (Å²) in [6.07, 6.45) is 0. The average Bonchev–Trinajstić information content (AvgIpc) is 2.98. The lowest BCUT2D eigenvalue weighted by atomic mass is 10.3. The molecule has 1 aliphatic rings. The van der Waals surface area contributed by atoms with Crippen molar-refractivity contribution in [1.29, 1.82) is 0 Å². The lowest BCUT2D eigenvalue weighted by Crippen LogP contribution is -2.33. The van der Waals surface area contributed by atoms with Crippen molar-refractivity contribution in [2.24, 2.45) is 0 Å². The maximum absolute atomic E-state index is 5.58. The van der Waals surface area contributed by atoms with Crippen molar-refractivity contribution in [3.05, 3.63) is 5.82 Å². The van der Waals surface area contributed by atoms with E-state index in [2.05, 4.69) is 30.0 Å². The standard InChI is InChI=1S/C9H12N6O2S/c1-15-2-3-18-4-5(15)8-11-9(16-14-8)6-7(10)13-17-12-6/h5H,2-4H2,1H3,(H2,10,13). The van der Waals surface area contributed by atoms with Crippen molar-refractivity contribution in [3.8, 4) is 11.6 Å². The minimum atomic E-state index is 0.150. The molecule has 0 aliphatic carbocycles. The highest BCUT2D eigenvalue weighted by atomic mass is 32.2. The van der Waals surface area contributed by atoms with Crippen LogP contribution in [0.25, 0.3) is 11.6 Å². The molecule has 9 heteroatoms. The zero-order chi connectivity index (χ0) is 12.5. The van der Waals surface area contributed by atoms with Gasteiger partial charge < -0.3 is 10.3 Å². The van der Waals surface area contributed by atoms with E-state index in [1.807, 2.05) is 18.8 Å². The molecule has 1 fully saturated rings. The van der Waals surface area contributed by atoms with Gasteiger partial charge in [0.15, 0.2) is 5.82 Å². The van der Waals surface area contributed by atoms with Crippen LogP contribution in [-0.2, 0) is 0 Å². The Kier molecular flexibility index (Phi) is 2.92. The number of hydrogen-bond donors (Lipinski definition) is 1. The first kappa shape index (κ1) is 11.5. The van der Waals surface area contributed by atoms with Gasteiger partial charge in [-0.05, 0) is 17.4 Å². The molecular formula is C9H12N6O2S. The molecule has 0 bridgehead atoms. The number of nitrogen functional groups attached to an aromatic ring is 1. The fraction of sp³-hybridized carbons (Fsp3) is 0.556. The van der Waals surface area contributed by atoms with Crippen molar-refractivity contribution < 1.29 is 9.15 Å². The molecule has 18 heavy (non-hydrogen) atoms. The van der Waals surface area contributed by atoms with Gasteiger partial charge in [-0.25, -0.2) is 4.63 Å². The summed E-state index contributed by atoms with van der Waals surface area (Å²) in [4.78, 5) is 6.52. The molecule has 1 atom stereocenters. The van der Waals surface area contributed by atoms with E-state index in [1.54, 1.807) is 0 Å². The molecule has 1 saturated heterocycles. The SMILES string of the molecule is CN1CCSCC1c1noc(-c2nonc2N)n1. The molecule has 8 nitrogen and oxygen atoms in total. The molecular weight excluding hydrogens is 256 g/mol. The smallest absolute Gasteiger partial charge is 0.284 e. The summed E-state index contributed by atoms with van der Waals surface area (Å²) in [5.41, 5.74) is 5.87. The Labute approximate surface area is 107 Å². The molecule has 0 saturated carbocycles. The summed E-state index contributed by atoms with van der Waals surface area (Å²) in [6, 6.07) is 0.155. The topological polar surface area (TPSA) is 107 Å². The van der Waals surface area contributed by atoms with Crippen molar-refractivity contribution >= 4 is 17.6 Å². The Morgan fingerprint density at radius 3 is 3.00 bits per heavy atom. The van der Waals surface area contributed by atoms with Crippen molar-refractivity contribution in [2.45, 2.75) is 6.04 Å². The van der Waals surface area contributed by atoms with Gasteiger partial charge in [0.05, 0.1) is 6.04 Å². The zero-order valence-corrected chi connectivity index (χ0v) is 10.6. The van der Waals surface area contributed by atoms with Crippen molar-refractivity contribution in [2.75, 3.05) is 30.8 Å².